The monoisotopic (exact) mass is 492 g/mol. The van der Waals surface area contributed by atoms with E-state index in [1.807, 2.05) is 6.07 Å². The Hall–Kier alpha value is -4.27. The van der Waals surface area contributed by atoms with Crippen molar-refractivity contribution in [3.8, 4) is 0 Å². The van der Waals surface area contributed by atoms with E-state index < -0.39 is 23.5 Å². The molecular weight excluding hydrogens is 466 g/mol. The van der Waals surface area contributed by atoms with Crippen LogP contribution < -0.4 is 16.0 Å². The Labute approximate surface area is 207 Å². The lowest BCUT2D eigenvalue weighted by molar-refractivity contribution is -0.137. The molecule has 7 nitrogen and oxygen atoms in total. The molecule has 36 heavy (non-hydrogen) atoms. The van der Waals surface area contributed by atoms with Crippen LogP contribution in [-0.2, 0) is 11.3 Å². The molecule has 3 aromatic carbocycles. The lowest BCUT2D eigenvalue weighted by Crippen LogP contribution is -2.35. The Morgan fingerprint density at radius 1 is 1.00 bits per heavy atom. The van der Waals surface area contributed by atoms with Crippen LogP contribution in [0.1, 0.15) is 45.8 Å². The fraction of sp³-hybridized carbons (Fsp3) is 0.222. The predicted octanol–water partition coefficient (Wildman–Crippen LogP) is 4.26. The molecule has 0 bridgehead atoms. The van der Waals surface area contributed by atoms with E-state index in [1.54, 1.807) is 42.5 Å². The Balaban J connectivity index is 1.46. The van der Waals surface area contributed by atoms with Crippen molar-refractivity contribution >= 4 is 23.5 Å². The van der Waals surface area contributed by atoms with Gasteiger partial charge in [0.15, 0.2) is 5.96 Å². The van der Waals surface area contributed by atoms with E-state index in [-0.39, 0.29) is 24.4 Å². The molecule has 1 amide bonds. The number of halogens is 2. The van der Waals surface area contributed by atoms with Crippen LogP contribution in [0.25, 0.3) is 0 Å². The number of hydrogen-bond donors (Lipinski definition) is 4. The van der Waals surface area contributed by atoms with Gasteiger partial charge in [-0.2, -0.15) is 0 Å². The number of benzene rings is 3. The number of aliphatic imine (C=N–C) groups is 1. The van der Waals surface area contributed by atoms with Gasteiger partial charge < -0.3 is 21.1 Å². The molecule has 1 aliphatic heterocycles. The van der Waals surface area contributed by atoms with E-state index in [0.29, 0.717) is 17.1 Å². The van der Waals surface area contributed by atoms with E-state index in [2.05, 4.69) is 20.9 Å². The van der Waals surface area contributed by atoms with Gasteiger partial charge in [-0.05, 0) is 53.4 Å². The van der Waals surface area contributed by atoms with Crippen LogP contribution in [0.2, 0.25) is 0 Å². The summed E-state index contributed by atoms with van der Waals surface area (Å²) in [5.41, 5.74) is 2.74. The summed E-state index contributed by atoms with van der Waals surface area (Å²) in [4.78, 5) is 28.6. The van der Waals surface area contributed by atoms with Crippen molar-refractivity contribution < 1.29 is 23.5 Å². The number of nitrogens with zero attached hydrogens (tertiary/aromatic N) is 1. The molecule has 4 N–H and O–H groups in total. The Morgan fingerprint density at radius 2 is 1.78 bits per heavy atom. The maximum atomic E-state index is 13.8. The van der Waals surface area contributed by atoms with Crippen molar-refractivity contribution in [1.82, 2.24) is 10.6 Å². The molecule has 0 spiro atoms. The van der Waals surface area contributed by atoms with E-state index >= 15 is 0 Å². The van der Waals surface area contributed by atoms with Crippen LogP contribution in [0.15, 0.2) is 71.7 Å². The summed E-state index contributed by atoms with van der Waals surface area (Å²) in [5, 5.41) is 18.6. The third-order valence-electron chi connectivity index (χ3n) is 5.76. The van der Waals surface area contributed by atoms with Gasteiger partial charge >= 0.3 is 5.97 Å². The minimum atomic E-state index is -1.09. The standard InChI is InChI=1S/C27H26F2N4O3/c28-21-11-20(12-22(29)14-21)24(15-25(34)35)18-5-1-4-17(10-18)16-32-26(36)19-6-2-7-23(13-19)33-27-30-8-3-9-31-27/h1-2,4-7,10-14,24H,3,8-9,15-16H2,(H,32,36)(H,34,35)(H2,30,31,33). The average Bonchev–Trinajstić information content (AvgIpc) is 2.86. The van der Waals surface area contributed by atoms with Gasteiger partial charge in [0.1, 0.15) is 11.6 Å². The number of guanidine groups is 1. The Kier molecular flexibility index (Phi) is 7.89. The summed E-state index contributed by atoms with van der Waals surface area (Å²) in [7, 11) is 0. The number of rotatable bonds is 8. The molecule has 0 aromatic heterocycles. The summed E-state index contributed by atoms with van der Waals surface area (Å²) in [6, 6.07) is 17.0. The molecular formula is C27H26F2N4O3. The quantitative estimate of drug-likeness (QED) is 0.376. The number of anilines is 1. The van der Waals surface area contributed by atoms with Gasteiger partial charge in [0.25, 0.3) is 5.91 Å². The highest BCUT2D eigenvalue weighted by atomic mass is 19.1. The molecule has 9 heteroatoms. The molecule has 1 unspecified atom stereocenters. The maximum Gasteiger partial charge on any atom is 0.304 e. The highest BCUT2D eigenvalue weighted by Crippen LogP contribution is 2.30. The van der Waals surface area contributed by atoms with Crippen LogP contribution in [0.3, 0.4) is 0 Å². The van der Waals surface area contributed by atoms with Gasteiger partial charge in [-0.1, -0.05) is 30.3 Å². The number of hydrogen-bond acceptors (Lipinski definition) is 5. The van der Waals surface area contributed by atoms with Gasteiger partial charge in [-0.25, -0.2) is 8.78 Å². The molecule has 1 heterocycles. The average molecular weight is 493 g/mol. The lowest BCUT2D eigenvalue weighted by Gasteiger charge is -2.18. The summed E-state index contributed by atoms with van der Waals surface area (Å²) < 4.78 is 27.6. The largest absolute Gasteiger partial charge is 0.481 e. The first-order valence-corrected chi connectivity index (χ1v) is 11.6. The molecule has 0 radical (unpaired) electrons. The number of carbonyl (C=O) groups excluding carboxylic acids is 1. The van der Waals surface area contributed by atoms with Crippen molar-refractivity contribution in [2.45, 2.75) is 25.3 Å². The second-order valence-corrected chi connectivity index (χ2v) is 8.50. The normalized spacial score (nSPS) is 13.8. The zero-order valence-corrected chi connectivity index (χ0v) is 19.4. The predicted molar refractivity (Wildman–Crippen MR) is 133 cm³/mol. The number of amides is 1. The van der Waals surface area contributed by atoms with Crippen LogP contribution in [0.4, 0.5) is 14.5 Å². The van der Waals surface area contributed by atoms with Gasteiger partial charge in [0.05, 0.1) is 6.42 Å². The summed E-state index contributed by atoms with van der Waals surface area (Å²) in [6.07, 6.45) is 0.643. The zero-order chi connectivity index (χ0) is 25.5. The van der Waals surface area contributed by atoms with Gasteiger partial charge in [0, 0.05) is 42.9 Å². The SMILES string of the molecule is O=C(O)CC(c1cc(F)cc(F)c1)c1cccc(CNC(=O)c2cccc(NC3=NCCCN3)c2)c1. The van der Waals surface area contributed by atoms with Crippen molar-refractivity contribution in [3.05, 3.63) is 101 Å². The number of aliphatic carboxylic acids is 1. The lowest BCUT2D eigenvalue weighted by atomic mass is 9.87. The van der Waals surface area contributed by atoms with E-state index in [0.717, 1.165) is 49.0 Å². The minimum absolute atomic E-state index is 0.190. The topological polar surface area (TPSA) is 103 Å². The molecule has 0 aliphatic carbocycles. The van der Waals surface area contributed by atoms with Crippen LogP contribution in [0.5, 0.6) is 0 Å². The minimum Gasteiger partial charge on any atom is -0.481 e. The number of carboxylic acid groups (broad SMARTS) is 1. The highest BCUT2D eigenvalue weighted by Gasteiger charge is 2.20. The Bertz CT molecular complexity index is 1280. The molecule has 0 fully saturated rings. The first-order chi connectivity index (χ1) is 17.4. The van der Waals surface area contributed by atoms with Crippen molar-refractivity contribution in [2.75, 3.05) is 18.4 Å². The van der Waals surface area contributed by atoms with Crippen LogP contribution >= 0.6 is 0 Å². The van der Waals surface area contributed by atoms with E-state index in [4.69, 9.17) is 0 Å². The molecule has 4 rings (SSSR count). The third-order valence-corrected chi connectivity index (χ3v) is 5.76. The summed E-state index contributed by atoms with van der Waals surface area (Å²) in [5.74, 6) is -2.99. The molecule has 3 aromatic rings. The molecule has 1 aliphatic rings. The molecule has 1 atom stereocenters. The van der Waals surface area contributed by atoms with Gasteiger partial charge in [-0.15, -0.1) is 0 Å². The second kappa shape index (κ2) is 11.4. The molecule has 0 saturated heterocycles. The second-order valence-electron chi connectivity index (χ2n) is 8.50. The van der Waals surface area contributed by atoms with Crippen LogP contribution in [0, 0.1) is 11.6 Å². The first-order valence-electron chi connectivity index (χ1n) is 11.6. The van der Waals surface area contributed by atoms with Crippen molar-refractivity contribution in [1.29, 1.82) is 0 Å². The first kappa shape index (κ1) is 24.8. The van der Waals surface area contributed by atoms with Gasteiger partial charge in [0.2, 0.25) is 0 Å². The van der Waals surface area contributed by atoms with E-state index in [9.17, 15) is 23.5 Å². The third kappa shape index (κ3) is 6.65. The highest BCUT2D eigenvalue weighted by molar-refractivity contribution is 5.98. The summed E-state index contributed by atoms with van der Waals surface area (Å²) in [6.45, 7) is 1.78. The fourth-order valence-electron chi connectivity index (χ4n) is 4.07. The summed E-state index contributed by atoms with van der Waals surface area (Å²) >= 11 is 0. The van der Waals surface area contributed by atoms with Gasteiger partial charge in [-0.3, -0.25) is 14.6 Å². The molecule has 0 saturated carbocycles. The fourth-order valence-corrected chi connectivity index (χ4v) is 4.07. The number of carboxylic acids is 1. The number of nitrogens with one attached hydrogen (secondary N) is 3. The maximum absolute atomic E-state index is 13.8. The smallest absolute Gasteiger partial charge is 0.304 e. The Morgan fingerprint density at radius 3 is 2.50 bits per heavy atom. The zero-order valence-electron chi connectivity index (χ0n) is 19.4. The van der Waals surface area contributed by atoms with E-state index in [1.165, 1.54) is 0 Å². The molecule has 186 valence electrons. The van der Waals surface area contributed by atoms with Crippen molar-refractivity contribution in [2.24, 2.45) is 4.99 Å². The number of carbonyl (C=O) groups is 2. The van der Waals surface area contributed by atoms with Crippen LogP contribution in [-0.4, -0.2) is 36.0 Å². The van der Waals surface area contributed by atoms with Crippen molar-refractivity contribution in [3.63, 3.8) is 0 Å².